The lowest BCUT2D eigenvalue weighted by molar-refractivity contribution is -0.119. The van der Waals surface area contributed by atoms with Crippen LogP contribution in [0, 0.1) is 0 Å². The molecule has 0 fully saturated rings. The third kappa shape index (κ3) is 23.6. The van der Waals surface area contributed by atoms with E-state index in [1.54, 1.807) is 0 Å². The molecule has 1 amide bonds. The third-order valence-electron chi connectivity index (χ3n) is 3.28. The van der Waals surface area contributed by atoms with Crippen LogP contribution in [0.25, 0.3) is 0 Å². The first kappa shape index (κ1) is 25.6. The van der Waals surface area contributed by atoms with Gasteiger partial charge in [-0.15, -0.1) is 11.6 Å². The van der Waals surface area contributed by atoms with Crippen LogP contribution < -0.4 is 5.32 Å². The van der Waals surface area contributed by atoms with Gasteiger partial charge >= 0.3 is 0 Å². The van der Waals surface area contributed by atoms with E-state index in [-0.39, 0.29) is 5.91 Å². The quantitative estimate of drug-likeness (QED) is 0.236. The molecule has 0 saturated carbocycles. The van der Waals surface area contributed by atoms with E-state index in [0.29, 0.717) is 66.0 Å². The van der Waals surface area contributed by atoms with Gasteiger partial charge < -0.3 is 29.0 Å². The van der Waals surface area contributed by atoms with E-state index >= 15 is 0 Å². The lowest BCUT2D eigenvalue weighted by Crippen LogP contribution is -2.25. The average Bonchev–Trinajstić information content (AvgIpc) is 2.62. The summed E-state index contributed by atoms with van der Waals surface area (Å²) >= 11 is 5.62. The number of nitrogens with one attached hydrogen (secondary N) is 1. The van der Waals surface area contributed by atoms with E-state index < -0.39 is 0 Å². The Bertz CT molecular complexity index is 297. The summed E-state index contributed by atoms with van der Waals surface area (Å²) in [6.07, 6.45) is 4.52. The van der Waals surface area contributed by atoms with Gasteiger partial charge in [0.1, 0.15) is 0 Å². The molecule has 0 aromatic carbocycles. The Balaban J connectivity index is 2.98. The summed E-state index contributed by atoms with van der Waals surface area (Å²) < 4.78 is 27.0. The third-order valence-corrected chi connectivity index (χ3v) is 3.55. The van der Waals surface area contributed by atoms with Crippen molar-refractivity contribution in [3.8, 4) is 0 Å². The number of hydrogen-bond acceptors (Lipinski definition) is 6. The minimum atomic E-state index is -0.0487. The van der Waals surface area contributed by atoms with Crippen LogP contribution in [-0.2, 0) is 28.5 Å². The summed E-state index contributed by atoms with van der Waals surface area (Å²) in [5.74, 6) is 0.700. The van der Waals surface area contributed by atoms with Crippen molar-refractivity contribution in [2.24, 2.45) is 0 Å². The van der Waals surface area contributed by atoms with E-state index in [1.807, 2.05) is 0 Å². The molecule has 1 N–H and O–H groups in total. The molecule has 156 valence electrons. The molecule has 0 aliphatic heterocycles. The topological polar surface area (TPSA) is 75.3 Å². The Labute approximate surface area is 163 Å². The van der Waals surface area contributed by atoms with Crippen molar-refractivity contribution in [3.05, 3.63) is 0 Å². The maximum absolute atomic E-state index is 10.6. The number of hydrogen-bond donors (Lipinski definition) is 1. The first-order chi connectivity index (χ1) is 12.8. The maximum atomic E-state index is 10.6. The van der Waals surface area contributed by atoms with Crippen molar-refractivity contribution in [1.29, 1.82) is 0 Å². The highest BCUT2D eigenvalue weighted by molar-refractivity contribution is 6.17. The fraction of sp³-hybridized carbons (Fsp3) is 0.944. The summed E-state index contributed by atoms with van der Waals surface area (Å²) in [4.78, 5) is 10.6. The molecule has 0 atom stereocenters. The molecule has 0 aliphatic rings. The maximum Gasteiger partial charge on any atom is 0.216 e. The molecule has 7 nitrogen and oxygen atoms in total. The molecule has 0 saturated heterocycles. The number of ether oxygens (including phenoxy) is 5. The van der Waals surface area contributed by atoms with Crippen molar-refractivity contribution >= 4 is 17.5 Å². The summed E-state index contributed by atoms with van der Waals surface area (Å²) in [6.45, 7) is 7.71. The monoisotopic (exact) mass is 397 g/mol. The van der Waals surface area contributed by atoms with Crippen LogP contribution in [0.15, 0.2) is 0 Å². The minimum Gasteiger partial charge on any atom is -0.379 e. The molecule has 8 heteroatoms. The Hall–Kier alpha value is -0.440. The summed E-state index contributed by atoms with van der Waals surface area (Å²) in [5, 5.41) is 2.66. The van der Waals surface area contributed by atoms with Gasteiger partial charge in [0, 0.05) is 26.0 Å². The van der Waals surface area contributed by atoms with E-state index in [4.69, 9.17) is 35.3 Å². The Morgan fingerprint density at radius 3 is 1.54 bits per heavy atom. The van der Waals surface area contributed by atoms with Gasteiger partial charge in [-0.25, -0.2) is 0 Å². The second-order valence-electron chi connectivity index (χ2n) is 5.65. The molecule has 0 radical (unpaired) electrons. The lowest BCUT2D eigenvalue weighted by atomic mass is 10.2. The summed E-state index contributed by atoms with van der Waals surface area (Å²) in [6, 6.07) is 0. The Morgan fingerprint density at radius 1 is 0.654 bits per heavy atom. The van der Waals surface area contributed by atoms with Gasteiger partial charge in [-0.05, 0) is 12.8 Å². The van der Waals surface area contributed by atoms with Crippen LogP contribution in [0.4, 0.5) is 0 Å². The molecule has 0 aromatic rings. The van der Waals surface area contributed by atoms with E-state index in [1.165, 1.54) is 19.8 Å². The van der Waals surface area contributed by atoms with Crippen molar-refractivity contribution in [3.63, 3.8) is 0 Å². The molecule has 0 bridgehead atoms. The molecule has 0 spiro atoms. The van der Waals surface area contributed by atoms with Crippen LogP contribution in [0.2, 0.25) is 0 Å². The standard InChI is InChI=1S/C18H36ClNO6/c1-18(21)20-7-9-23-11-13-25-15-17-26-16-14-24-12-10-22-8-5-3-2-4-6-19/h2-17H2,1H3,(H,20,21). The molecule has 0 aromatic heterocycles. The zero-order valence-electron chi connectivity index (χ0n) is 16.1. The minimum absolute atomic E-state index is 0.0487. The number of unbranched alkanes of at least 4 members (excludes halogenated alkanes) is 3. The Morgan fingerprint density at radius 2 is 1.08 bits per heavy atom. The number of rotatable bonds is 21. The molecular formula is C18H36ClNO6. The molecule has 0 unspecified atom stereocenters. The second kappa shape index (κ2) is 22.6. The van der Waals surface area contributed by atoms with E-state index in [0.717, 1.165) is 25.3 Å². The Kier molecular flexibility index (Phi) is 22.2. The largest absolute Gasteiger partial charge is 0.379 e. The van der Waals surface area contributed by atoms with E-state index in [9.17, 15) is 4.79 Å². The lowest BCUT2D eigenvalue weighted by Gasteiger charge is -2.08. The number of halogens is 1. The SMILES string of the molecule is CC(=O)NCCOCCOCCOCCOCCOCCCCCCCl. The molecule has 0 aliphatic carbocycles. The highest BCUT2D eigenvalue weighted by Crippen LogP contribution is 2.01. The zero-order valence-corrected chi connectivity index (χ0v) is 16.9. The number of carbonyl (C=O) groups excluding carboxylic acids is 1. The van der Waals surface area contributed by atoms with E-state index in [2.05, 4.69) is 5.32 Å². The highest BCUT2D eigenvalue weighted by Gasteiger charge is 1.95. The predicted octanol–water partition coefficient (Wildman–Crippen LogP) is 2.00. The summed E-state index contributed by atoms with van der Waals surface area (Å²) in [7, 11) is 0. The normalized spacial score (nSPS) is 11.0. The van der Waals surface area contributed by atoms with Crippen LogP contribution in [-0.4, -0.2) is 84.4 Å². The van der Waals surface area contributed by atoms with Gasteiger partial charge in [0.25, 0.3) is 0 Å². The number of carbonyl (C=O) groups is 1. The van der Waals surface area contributed by atoms with Crippen molar-refractivity contribution < 1.29 is 28.5 Å². The van der Waals surface area contributed by atoms with Gasteiger partial charge in [0.2, 0.25) is 5.91 Å². The highest BCUT2D eigenvalue weighted by atomic mass is 35.5. The smallest absolute Gasteiger partial charge is 0.216 e. The van der Waals surface area contributed by atoms with Gasteiger partial charge in [-0.1, -0.05) is 12.8 Å². The van der Waals surface area contributed by atoms with Crippen LogP contribution >= 0.6 is 11.6 Å². The first-order valence-electron chi connectivity index (χ1n) is 9.46. The molecule has 26 heavy (non-hydrogen) atoms. The fourth-order valence-electron chi connectivity index (χ4n) is 1.93. The fourth-order valence-corrected chi connectivity index (χ4v) is 2.12. The van der Waals surface area contributed by atoms with Gasteiger partial charge in [0.05, 0.1) is 59.5 Å². The van der Waals surface area contributed by atoms with Gasteiger partial charge in [-0.2, -0.15) is 0 Å². The van der Waals surface area contributed by atoms with Gasteiger partial charge in [-0.3, -0.25) is 4.79 Å². The van der Waals surface area contributed by atoms with Crippen molar-refractivity contribution in [1.82, 2.24) is 5.32 Å². The summed E-state index contributed by atoms with van der Waals surface area (Å²) in [5.41, 5.74) is 0. The second-order valence-corrected chi connectivity index (χ2v) is 6.03. The van der Waals surface area contributed by atoms with Crippen molar-refractivity contribution in [2.45, 2.75) is 32.6 Å². The van der Waals surface area contributed by atoms with Crippen LogP contribution in [0.3, 0.4) is 0 Å². The van der Waals surface area contributed by atoms with Crippen LogP contribution in [0.5, 0.6) is 0 Å². The van der Waals surface area contributed by atoms with Crippen molar-refractivity contribution in [2.75, 3.05) is 78.5 Å². The average molecular weight is 398 g/mol. The van der Waals surface area contributed by atoms with Gasteiger partial charge in [0.15, 0.2) is 0 Å². The molecular weight excluding hydrogens is 362 g/mol. The van der Waals surface area contributed by atoms with Crippen LogP contribution in [0.1, 0.15) is 32.6 Å². The number of amides is 1. The molecule has 0 rings (SSSR count). The molecule has 0 heterocycles. The first-order valence-corrected chi connectivity index (χ1v) is 10.00. The zero-order chi connectivity index (χ0) is 19.1. The predicted molar refractivity (Wildman–Crippen MR) is 102 cm³/mol. The number of alkyl halides is 1.